The monoisotopic (exact) mass is 495 g/mol. The molecule has 0 saturated carbocycles. The molecule has 2 atom stereocenters. The van der Waals surface area contributed by atoms with Crippen molar-refractivity contribution in [2.24, 2.45) is 0 Å². The van der Waals surface area contributed by atoms with Crippen molar-refractivity contribution in [2.75, 3.05) is 0 Å². The summed E-state index contributed by atoms with van der Waals surface area (Å²) >= 11 is 1.33. The molecule has 2 aromatic carbocycles. The standard InChI is InChI=1S/C19H21O3.CH2.W/c1-12-5-8-17(14(3)13(12)2)11-16-6-9-18(10-7-16)20-19-15(4)21-22-19;;/h5-10,15,19H,4,11H2,1-3H3;1H2;/q-1;;. The summed E-state index contributed by atoms with van der Waals surface area (Å²) in [6.45, 7) is 10.3. The van der Waals surface area contributed by atoms with Crippen LogP contribution in [0.4, 0.5) is 0 Å². The number of hydrogen-bond donors (Lipinski definition) is 0. The average Bonchev–Trinajstić information content (AvgIpc) is 2.62. The molecule has 0 N–H and O–H groups in total. The molecule has 2 unspecified atom stereocenters. The Labute approximate surface area is 155 Å². The molecule has 2 aromatic rings. The third-order valence-electron chi connectivity index (χ3n) is 4.32. The molecule has 0 aromatic heterocycles. The third kappa shape index (κ3) is 4.41. The molecule has 0 radical (unpaired) electrons. The molecule has 1 fully saturated rings. The van der Waals surface area contributed by atoms with Crippen LogP contribution in [0.3, 0.4) is 0 Å². The van der Waals surface area contributed by atoms with Crippen LogP contribution in [0.15, 0.2) is 36.4 Å². The van der Waals surface area contributed by atoms with Crippen LogP contribution >= 0.6 is 0 Å². The van der Waals surface area contributed by atoms with Gasteiger partial charge >= 0.3 is 24.3 Å². The van der Waals surface area contributed by atoms with Gasteiger partial charge in [-0.25, -0.2) is 0 Å². The van der Waals surface area contributed by atoms with Crippen LogP contribution in [-0.2, 0) is 35.5 Å². The van der Waals surface area contributed by atoms with Crippen molar-refractivity contribution in [3.8, 4) is 5.75 Å². The molecule has 0 aliphatic carbocycles. The summed E-state index contributed by atoms with van der Waals surface area (Å²) in [5, 5.41) is 0. The summed E-state index contributed by atoms with van der Waals surface area (Å²) in [7, 11) is 0. The Morgan fingerprint density at radius 2 is 1.67 bits per heavy atom. The van der Waals surface area contributed by atoms with E-state index in [9.17, 15) is 0 Å². The van der Waals surface area contributed by atoms with Gasteiger partial charge < -0.3 is 11.7 Å². The van der Waals surface area contributed by atoms with Gasteiger partial charge in [0.25, 0.3) is 0 Å². The van der Waals surface area contributed by atoms with Crippen molar-refractivity contribution in [3.63, 3.8) is 0 Å². The van der Waals surface area contributed by atoms with Gasteiger partial charge in [-0.1, -0.05) is 24.3 Å². The quantitative estimate of drug-likeness (QED) is 0.474. The number of ether oxygens (including phenoxy) is 1. The number of aryl methyl sites for hydroxylation is 1. The van der Waals surface area contributed by atoms with E-state index in [1.807, 2.05) is 12.1 Å². The zero-order chi connectivity index (χ0) is 17.7. The zero-order valence-corrected chi connectivity index (χ0v) is 17.3. The van der Waals surface area contributed by atoms with Gasteiger partial charge in [0.15, 0.2) is 0 Å². The minimum atomic E-state index is -0.409. The van der Waals surface area contributed by atoms with Gasteiger partial charge in [0.2, 0.25) is 6.29 Å². The fraction of sp³-hybridized carbons (Fsp3) is 0.300. The average molecular weight is 495 g/mol. The second-order valence-electron chi connectivity index (χ2n) is 5.83. The fourth-order valence-electron chi connectivity index (χ4n) is 2.52. The van der Waals surface area contributed by atoms with E-state index in [0.29, 0.717) is 0 Å². The fourth-order valence-corrected chi connectivity index (χ4v) is 2.52. The number of benzene rings is 2. The van der Waals surface area contributed by atoms with Gasteiger partial charge in [-0.15, -0.1) is 0 Å². The molecule has 0 bridgehead atoms. The Kier molecular flexibility index (Phi) is 6.91. The Morgan fingerprint density at radius 1 is 1.00 bits per heavy atom. The SMILES string of the molecule is [CH2-]C1OOC1Oc1ccc(Cc2ccc(C)c(C)c2C)cc1.[CH2]=[W]. The normalized spacial score (nSPS) is 19.0. The molecule has 24 heavy (non-hydrogen) atoms. The Bertz CT molecular complexity index is 682. The maximum atomic E-state index is 5.62. The van der Waals surface area contributed by atoms with E-state index in [4.69, 9.17) is 14.5 Å². The molecular formula is C20H23O3W-. The van der Waals surface area contributed by atoms with Gasteiger partial charge in [0.1, 0.15) is 5.75 Å². The second kappa shape index (κ2) is 8.71. The molecule has 1 saturated heterocycles. The Hall–Kier alpha value is -1.28. The summed E-state index contributed by atoms with van der Waals surface area (Å²) in [6.07, 6.45) is 0.250. The van der Waals surface area contributed by atoms with Crippen LogP contribution in [0, 0.1) is 27.7 Å². The summed E-state index contributed by atoms with van der Waals surface area (Å²) in [5.74, 6) is 0.766. The van der Waals surface area contributed by atoms with Gasteiger partial charge in [-0.3, -0.25) is 4.89 Å². The van der Waals surface area contributed by atoms with Gasteiger partial charge in [-0.2, -0.15) is 4.89 Å². The van der Waals surface area contributed by atoms with E-state index in [1.54, 1.807) is 0 Å². The maximum absolute atomic E-state index is 5.62. The Morgan fingerprint density at radius 3 is 2.21 bits per heavy atom. The molecule has 0 spiro atoms. The number of hydrogen-bond acceptors (Lipinski definition) is 3. The summed E-state index contributed by atoms with van der Waals surface area (Å²) in [4.78, 5) is 12.9. The minimum absolute atomic E-state index is 0.266. The molecule has 4 heteroatoms. The van der Waals surface area contributed by atoms with E-state index >= 15 is 0 Å². The van der Waals surface area contributed by atoms with Crippen LogP contribution in [0.5, 0.6) is 5.75 Å². The molecule has 3 nitrogen and oxygen atoms in total. The number of rotatable bonds is 4. The summed E-state index contributed by atoms with van der Waals surface area (Å²) in [5.41, 5.74) is 6.72. The van der Waals surface area contributed by atoms with Crippen molar-refractivity contribution < 1.29 is 33.9 Å². The van der Waals surface area contributed by atoms with Crippen LogP contribution in [0.25, 0.3) is 0 Å². The molecule has 0 amide bonds. The van der Waals surface area contributed by atoms with E-state index in [2.05, 4.69) is 56.9 Å². The first-order chi connectivity index (χ1) is 11.5. The topological polar surface area (TPSA) is 27.7 Å². The van der Waals surface area contributed by atoms with Crippen molar-refractivity contribution in [1.82, 2.24) is 0 Å². The molecule has 1 heterocycles. The molecule has 128 valence electrons. The van der Waals surface area contributed by atoms with Crippen molar-refractivity contribution in [3.05, 3.63) is 71.1 Å². The second-order valence-corrected chi connectivity index (χ2v) is 5.83. The molecule has 1 aliphatic heterocycles. The van der Waals surface area contributed by atoms with Crippen LogP contribution < -0.4 is 4.74 Å². The van der Waals surface area contributed by atoms with Gasteiger partial charge in [-0.05, 0) is 67.1 Å². The summed E-state index contributed by atoms with van der Waals surface area (Å²) < 4.78 is 5.62. The van der Waals surface area contributed by atoms with Crippen molar-refractivity contribution in [1.29, 1.82) is 0 Å². The predicted octanol–water partition coefficient (Wildman–Crippen LogP) is 4.04. The van der Waals surface area contributed by atoms with Crippen molar-refractivity contribution in [2.45, 2.75) is 39.6 Å². The van der Waals surface area contributed by atoms with Gasteiger partial charge in [0.05, 0.1) is 0 Å². The van der Waals surface area contributed by atoms with E-state index in [-0.39, 0.29) is 6.10 Å². The Balaban J connectivity index is 0.00000100. The van der Waals surface area contributed by atoms with Crippen LogP contribution in [0.1, 0.15) is 27.8 Å². The van der Waals surface area contributed by atoms with Gasteiger partial charge in [0, 0.05) is 6.10 Å². The summed E-state index contributed by atoms with van der Waals surface area (Å²) in [6, 6.07) is 12.5. The molecule has 1 aliphatic rings. The predicted molar refractivity (Wildman–Crippen MR) is 92.8 cm³/mol. The van der Waals surface area contributed by atoms with Crippen LogP contribution in [0.2, 0.25) is 0 Å². The van der Waals surface area contributed by atoms with E-state index in [0.717, 1.165) is 12.2 Å². The molecule has 3 rings (SSSR count). The third-order valence-corrected chi connectivity index (χ3v) is 4.32. The van der Waals surface area contributed by atoms with Crippen molar-refractivity contribution >= 4 is 4.90 Å². The van der Waals surface area contributed by atoms with E-state index in [1.165, 1.54) is 47.2 Å². The zero-order valence-electron chi connectivity index (χ0n) is 14.4. The first kappa shape index (κ1) is 19.0. The van der Waals surface area contributed by atoms with Crippen LogP contribution in [-0.4, -0.2) is 17.3 Å². The van der Waals surface area contributed by atoms with E-state index < -0.39 is 6.29 Å². The molecular weight excluding hydrogens is 472 g/mol. The first-order valence-electron chi connectivity index (χ1n) is 7.80. The first-order valence-corrected chi connectivity index (χ1v) is 9.87.